The highest BCUT2D eigenvalue weighted by Gasteiger charge is 2.51. The molecule has 3 N–H and O–H groups in total. The smallest absolute Gasteiger partial charge is 0.248 e. The van der Waals surface area contributed by atoms with Crippen molar-refractivity contribution in [3.63, 3.8) is 0 Å². The summed E-state index contributed by atoms with van der Waals surface area (Å²) in [5, 5.41) is 17.7. The molecule has 12 atom stereocenters. The van der Waals surface area contributed by atoms with Crippen molar-refractivity contribution in [1.82, 2.24) is 60.0 Å². The van der Waals surface area contributed by atoms with Gasteiger partial charge in [0.05, 0.1) is 48.8 Å². The summed E-state index contributed by atoms with van der Waals surface area (Å²) in [6.07, 6.45) is 10.4. The molecule has 3 heterocycles. The molecular weight excluding hydrogens is 1250 g/mol. The van der Waals surface area contributed by atoms with E-state index in [0.717, 1.165) is 53.2 Å². The molecule has 6 fully saturated rings. The van der Waals surface area contributed by atoms with E-state index in [2.05, 4.69) is 22.0 Å². The molecule has 3 saturated heterocycles. The second-order valence-electron chi connectivity index (χ2n) is 28.3. The molecular formula is C67H107Cl2N13O12. The van der Waals surface area contributed by atoms with Gasteiger partial charge in [0.15, 0.2) is 0 Å². The van der Waals surface area contributed by atoms with Crippen molar-refractivity contribution in [2.45, 2.75) is 228 Å². The number of carbonyl (C=O) groups excluding carboxylic acids is 12. The number of piperidine rings is 1. The fourth-order valence-corrected chi connectivity index (χ4v) is 15.5. The predicted octanol–water partition coefficient (Wildman–Crippen LogP) is 3.71. The number of nitriles is 1. The number of likely N-dealkylation sites (tertiary alicyclic amines) is 1. The monoisotopic (exact) mass is 1360 g/mol. The Kier molecular flexibility index (Phi) is 28.2. The first-order valence-electron chi connectivity index (χ1n) is 34.4. The maximum Gasteiger partial charge on any atom is 0.248 e. The molecule has 0 aromatic carbocycles. The maximum atomic E-state index is 15.4. The zero-order valence-corrected chi connectivity index (χ0v) is 59.3. The van der Waals surface area contributed by atoms with Gasteiger partial charge >= 0.3 is 0 Å². The van der Waals surface area contributed by atoms with Crippen LogP contribution in [0.1, 0.15) is 169 Å². The van der Waals surface area contributed by atoms with Gasteiger partial charge in [0, 0.05) is 69.0 Å². The number of halogens is 2. The Bertz CT molecular complexity index is 2790. The van der Waals surface area contributed by atoms with Gasteiger partial charge in [-0.1, -0.05) is 79.1 Å². The molecule has 0 aromatic heterocycles. The molecule has 526 valence electrons. The van der Waals surface area contributed by atoms with Crippen LogP contribution in [0, 0.1) is 40.9 Å². The number of fused-ring (bicyclic) bond motifs is 1. The number of hydrogen-bond acceptors (Lipinski definition) is 13. The quantitative estimate of drug-likeness (QED) is 0.278. The lowest BCUT2D eigenvalue weighted by molar-refractivity contribution is -0.156. The topological polar surface area (TPSA) is 294 Å². The minimum absolute atomic E-state index is 0.0694. The standard InChI is InChI=1S/C67H107Cl2N13O12/c1-13-42(4)57-64(92)76(8)39-54(85)74(6)40-55(86)78(10)50(35-44-23-16-14-17-24-44)62(90)75(7)38-52(83)71-48(27-26-45-33-46(37-70)56(69)47(68)34-45)61(89)82-32-22-25-49(82)60(88)73-67(28-18-19-29-67)66(94)80(12)58(41(2)3)65(93)79(11)51(63(91)81-30-20-15-21-31-81)36-53(84)77(9)43(5)59(87)72-57/h41-51,56-58H,13-36,38-40H2,1-12H3,(H,71,83)(H,72,87)(H,73,88)/t42-,43-,45?,46?,47?,48-,49-,50-,51-,56?,57-,58-/m0/s1. The van der Waals surface area contributed by atoms with Crippen LogP contribution in [0.2, 0.25) is 0 Å². The molecule has 3 aliphatic heterocycles. The first-order valence-corrected chi connectivity index (χ1v) is 35.2. The summed E-state index contributed by atoms with van der Waals surface area (Å²) in [4.78, 5) is 188. The van der Waals surface area contributed by atoms with E-state index in [0.29, 0.717) is 70.9 Å². The highest BCUT2D eigenvalue weighted by Crippen LogP contribution is 2.39. The number of carbonyl (C=O) groups is 12. The Labute approximate surface area is 566 Å². The Morgan fingerprint density at radius 1 is 0.628 bits per heavy atom. The Balaban J connectivity index is 1.38. The van der Waals surface area contributed by atoms with E-state index in [-0.39, 0.29) is 50.5 Å². The fourth-order valence-electron chi connectivity index (χ4n) is 14.8. The minimum atomic E-state index is -1.51. The zero-order chi connectivity index (χ0) is 69.6. The highest BCUT2D eigenvalue weighted by atomic mass is 35.5. The highest BCUT2D eigenvalue weighted by molar-refractivity contribution is 6.30. The van der Waals surface area contributed by atoms with Crippen molar-refractivity contribution in [3.8, 4) is 6.07 Å². The number of likely N-dealkylation sites (N-methyl/N-ethyl adjacent to an activating group) is 7. The van der Waals surface area contributed by atoms with Gasteiger partial charge in [-0.3, -0.25) is 57.5 Å². The van der Waals surface area contributed by atoms with E-state index >= 15 is 14.4 Å². The number of hydrogen-bond donors (Lipinski definition) is 3. The van der Waals surface area contributed by atoms with E-state index in [1.165, 1.54) is 80.8 Å². The Morgan fingerprint density at radius 2 is 1.24 bits per heavy atom. The third-order valence-electron chi connectivity index (χ3n) is 21.2. The molecule has 6 aliphatic rings. The maximum absolute atomic E-state index is 15.4. The lowest BCUT2D eigenvalue weighted by atomic mass is 9.78. The lowest BCUT2D eigenvalue weighted by Crippen LogP contribution is -2.65. The summed E-state index contributed by atoms with van der Waals surface area (Å²) in [6.45, 7) is 7.98. The second kappa shape index (κ2) is 34.6. The summed E-state index contributed by atoms with van der Waals surface area (Å²) in [5.74, 6) is -8.95. The van der Waals surface area contributed by atoms with Crippen molar-refractivity contribution in [2.75, 3.05) is 88.6 Å². The van der Waals surface area contributed by atoms with Gasteiger partial charge in [-0.25, -0.2) is 0 Å². The number of rotatable bonds is 9. The third-order valence-corrected chi connectivity index (χ3v) is 22.4. The Hall–Kier alpha value is -6.29. The van der Waals surface area contributed by atoms with Gasteiger partial charge in [0.25, 0.3) is 0 Å². The van der Waals surface area contributed by atoms with Crippen LogP contribution >= 0.6 is 23.2 Å². The van der Waals surface area contributed by atoms with Crippen LogP contribution in [0.3, 0.4) is 0 Å². The average Bonchev–Trinajstić information content (AvgIpc) is 1.42. The number of amides is 12. The first kappa shape index (κ1) is 76.7. The molecule has 94 heavy (non-hydrogen) atoms. The van der Waals surface area contributed by atoms with Crippen LogP contribution in [0.25, 0.3) is 0 Å². The van der Waals surface area contributed by atoms with Crippen LogP contribution in [0.4, 0.5) is 0 Å². The molecule has 1 spiro atoms. The number of nitrogens with zero attached hydrogens (tertiary/aromatic N) is 10. The summed E-state index contributed by atoms with van der Waals surface area (Å²) in [6, 6.07) is -6.08. The largest absolute Gasteiger partial charge is 0.343 e. The molecule has 12 amide bonds. The van der Waals surface area contributed by atoms with E-state index in [9.17, 15) is 48.4 Å². The lowest BCUT2D eigenvalue weighted by Gasteiger charge is -2.42. The molecule has 27 heteroatoms. The zero-order valence-electron chi connectivity index (χ0n) is 57.8. The number of nitrogens with one attached hydrogen (secondary N) is 3. The second-order valence-corrected chi connectivity index (χ2v) is 29.4. The summed E-state index contributed by atoms with van der Waals surface area (Å²) in [5.41, 5.74) is -1.51. The minimum Gasteiger partial charge on any atom is -0.343 e. The fraction of sp³-hybridized carbons (Fsp3) is 0.806. The SMILES string of the molecule is CC[C@H](C)[C@@H]1NC(=O)[C@H](C)N(C)C(=O)C[C@@H](C(=O)N2CCCCC2)N(C)C(=O)[C@H](C(C)C)N(C)C(=O)C2(CCCC2)NC(=O)[C@@H]2CCCN2C(=O)[C@H](CCC2CC(Cl)C(Cl)C(C#N)C2)NC(=O)CN(C)C(=O)[C@H](CC2CCCCC2)N(C)C(=O)CN(C)C(=O)CN(C)C1=O. The summed E-state index contributed by atoms with van der Waals surface area (Å²) in [7, 11) is 10.0. The Morgan fingerprint density at radius 3 is 1.86 bits per heavy atom. The van der Waals surface area contributed by atoms with Crippen molar-refractivity contribution >= 4 is 94.1 Å². The van der Waals surface area contributed by atoms with Crippen molar-refractivity contribution < 1.29 is 57.5 Å². The molecule has 0 bridgehead atoms. The van der Waals surface area contributed by atoms with Gasteiger partial charge in [-0.05, 0) is 108 Å². The van der Waals surface area contributed by atoms with Crippen LogP contribution in [-0.4, -0.2) is 262 Å². The van der Waals surface area contributed by atoms with Crippen LogP contribution in [-0.2, 0) is 57.5 Å². The average molecular weight is 1360 g/mol. The van der Waals surface area contributed by atoms with Crippen LogP contribution < -0.4 is 16.0 Å². The summed E-state index contributed by atoms with van der Waals surface area (Å²) < 4.78 is 0. The van der Waals surface area contributed by atoms with E-state index in [1.54, 1.807) is 25.7 Å². The predicted molar refractivity (Wildman–Crippen MR) is 354 cm³/mol. The van der Waals surface area contributed by atoms with Gasteiger partial charge < -0.3 is 60.0 Å². The molecule has 0 aromatic rings. The van der Waals surface area contributed by atoms with E-state index in [1.807, 2.05) is 6.92 Å². The molecule has 6 rings (SSSR count). The summed E-state index contributed by atoms with van der Waals surface area (Å²) >= 11 is 13.2. The molecule has 3 aliphatic carbocycles. The van der Waals surface area contributed by atoms with E-state index < -0.39 is 173 Å². The molecule has 25 nitrogen and oxygen atoms in total. The molecule has 4 unspecified atom stereocenters. The molecule has 0 radical (unpaired) electrons. The number of alkyl halides is 2. The van der Waals surface area contributed by atoms with E-state index in [4.69, 9.17) is 23.2 Å². The normalized spacial score (nSPS) is 30.6. The van der Waals surface area contributed by atoms with Crippen molar-refractivity contribution in [2.24, 2.45) is 29.6 Å². The molecule has 3 saturated carbocycles. The van der Waals surface area contributed by atoms with Crippen LogP contribution in [0.5, 0.6) is 0 Å². The van der Waals surface area contributed by atoms with Crippen molar-refractivity contribution in [1.29, 1.82) is 5.26 Å². The van der Waals surface area contributed by atoms with Crippen molar-refractivity contribution in [3.05, 3.63) is 0 Å². The van der Waals surface area contributed by atoms with Gasteiger partial charge in [-0.2, -0.15) is 5.26 Å². The third kappa shape index (κ3) is 18.8. The van der Waals surface area contributed by atoms with Crippen LogP contribution in [0.15, 0.2) is 0 Å². The first-order chi connectivity index (χ1) is 44.4. The van der Waals surface area contributed by atoms with Gasteiger partial charge in [0.2, 0.25) is 70.9 Å². The van der Waals surface area contributed by atoms with Gasteiger partial charge in [0.1, 0.15) is 47.8 Å². The van der Waals surface area contributed by atoms with Gasteiger partial charge in [-0.15, -0.1) is 23.2 Å².